The summed E-state index contributed by atoms with van der Waals surface area (Å²) in [5.74, 6) is 0.731. The Hall–Kier alpha value is -1.04. The lowest BCUT2D eigenvalue weighted by atomic mass is 10.0. The molecule has 0 heterocycles. The van der Waals surface area contributed by atoms with Gasteiger partial charge in [0.05, 0.1) is 0 Å². The van der Waals surface area contributed by atoms with Crippen LogP contribution in [0.3, 0.4) is 0 Å². The van der Waals surface area contributed by atoms with Gasteiger partial charge in [-0.1, -0.05) is 101 Å². The third-order valence-electron chi connectivity index (χ3n) is 3.92. The van der Waals surface area contributed by atoms with Crippen LogP contribution in [-0.2, 0) is 6.42 Å². The van der Waals surface area contributed by atoms with Gasteiger partial charge < -0.3 is 0 Å². The van der Waals surface area contributed by atoms with Crippen LogP contribution in [0.1, 0.15) is 70.8 Å². The summed E-state index contributed by atoms with van der Waals surface area (Å²) >= 11 is 0. The molecule has 0 radical (unpaired) electrons. The molecule has 0 nitrogen and oxygen atoms in total. The molecule has 1 atom stereocenters. The predicted octanol–water partition coefficient (Wildman–Crippen LogP) is 6.56. The molecular weight excluding hydrogens is 240 g/mol. The molecule has 112 valence electrons. The van der Waals surface area contributed by atoms with Gasteiger partial charge >= 0.3 is 0 Å². The average Bonchev–Trinajstić information content (AvgIpc) is 2.47. The molecule has 0 amide bonds. The molecule has 0 heteroatoms. The molecule has 1 unspecified atom stereocenters. The fourth-order valence-corrected chi connectivity index (χ4v) is 2.57. The lowest BCUT2D eigenvalue weighted by Crippen LogP contribution is -1.91. The van der Waals surface area contributed by atoms with Crippen LogP contribution in [0.15, 0.2) is 42.5 Å². The van der Waals surface area contributed by atoms with Crippen LogP contribution in [0.2, 0.25) is 0 Å². The maximum absolute atomic E-state index is 2.39. The zero-order chi connectivity index (χ0) is 14.5. The Morgan fingerprint density at radius 3 is 2.25 bits per heavy atom. The summed E-state index contributed by atoms with van der Waals surface area (Å²) in [6.45, 7) is 4.63. The molecule has 1 aromatic carbocycles. The number of hydrogen-bond donors (Lipinski definition) is 0. The maximum Gasteiger partial charge on any atom is -0.00974 e. The second kappa shape index (κ2) is 11.8. The Morgan fingerprint density at radius 2 is 1.55 bits per heavy atom. The molecule has 0 bridgehead atoms. The second-order valence-electron chi connectivity index (χ2n) is 6.01. The molecule has 0 aliphatic heterocycles. The average molecular weight is 272 g/mol. The van der Waals surface area contributed by atoms with E-state index in [1.807, 2.05) is 0 Å². The van der Waals surface area contributed by atoms with Crippen molar-refractivity contribution in [1.29, 1.82) is 0 Å². The van der Waals surface area contributed by atoms with Crippen molar-refractivity contribution in [3.05, 3.63) is 48.0 Å². The number of allylic oxidation sites excluding steroid dienone is 2. The Kier molecular flexibility index (Phi) is 10.0. The van der Waals surface area contributed by atoms with Crippen LogP contribution in [-0.4, -0.2) is 0 Å². The van der Waals surface area contributed by atoms with Crippen LogP contribution in [0.25, 0.3) is 0 Å². The highest BCUT2D eigenvalue weighted by Gasteiger charge is 1.97. The van der Waals surface area contributed by atoms with Crippen LogP contribution < -0.4 is 0 Å². The predicted molar refractivity (Wildman–Crippen MR) is 91.1 cm³/mol. The molecular formula is C20H32. The number of rotatable bonds is 11. The van der Waals surface area contributed by atoms with Gasteiger partial charge in [0, 0.05) is 0 Å². The summed E-state index contributed by atoms with van der Waals surface area (Å²) in [5, 5.41) is 0. The SMILES string of the molecule is CCCCCCCCCC(C)/C=C/Cc1ccccc1. The highest BCUT2D eigenvalue weighted by Crippen LogP contribution is 2.14. The molecule has 0 aliphatic carbocycles. The smallest absolute Gasteiger partial charge is 0.00974 e. The molecule has 0 saturated carbocycles. The summed E-state index contributed by atoms with van der Waals surface area (Å²) in [5.41, 5.74) is 1.41. The van der Waals surface area contributed by atoms with Crippen molar-refractivity contribution in [3.8, 4) is 0 Å². The number of unbranched alkanes of at least 4 members (excludes halogenated alkanes) is 6. The summed E-state index contributed by atoms with van der Waals surface area (Å²) in [4.78, 5) is 0. The molecule has 0 fully saturated rings. The summed E-state index contributed by atoms with van der Waals surface area (Å²) < 4.78 is 0. The molecule has 0 N–H and O–H groups in total. The van der Waals surface area contributed by atoms with Crippen LogP contribution in [0.5, 0.6) is 0 Å². The normalized spacial score (nSPS) is 12.9. The van der Waals surface area contributed by atoms with E-state index in [4.69, 9.17) is 0 Å². The third kappa shape index (κ3) is 8.96. The van der Waals surface area contributed by atoms with E-state index in [9.17, 15) is 0 Å². The summed E-state index contributed by atoms with van der Waals surface area (Å²) in [6.07, 6.45) is 17.0. The van der Waals surface area contributed by atoms with Crippen molar-refractivity contribution in [2.24, 2.45) is 5.92 Å². The van der Waals surface area contributed by atoms with Gasteiger partial charge in [0.2, 0.25) is 0 Å². The highest BCUT2D eigenvalue weighted by molar-refractivity contribution is 5.17. The maximum atomic E-state index is 2.39. The molecule has 1 rings (SSSR count). The Bertz CT molecular complexity index is 336. The van der Waals surface area contributed by atoms with Gasteiger partial charge in [-0.15, -0.1) is 0 Å². The van der Waals surface area contributed by atoms with Gasteiger partial charge in [-0.25, -0.2) is 0 Å². The van der Waals surface area contributed by atoms with E-state index in [1.54, 1.807) is 0 Å². The number of benzene rings is 1. The van der Waals surface area contributed by atoms with Crippen LogP contribution in [0.4, 0.5) is 0 Å². The zero-order valence-electron chi connectivity index (χ0n) is 13.5. The molecule has 0 spiro atoms. The second-order valence-corrected chi connectivity index (χ2v) is 6.01. The van der Waals surface area contributed by atoms with E-state index in [0.29, 0.717) is 0 Å². The standard InChI is InChI=1S/C20H32/c1-3-4-5-6-7-8-10-14-19(2)15-13-18-20-16-11-9-12-17-20/h9,11-13,15-17,19H,3-8,10,14,18H2,1-2H3/b15-13+. The lowest BCUT2D eigenvalue weighted by molar-refractivity contribution is 0.537. The molecule has 20 heavy (non-hydrogen) atoms. The first-order chi connectivity index (χ1) is 9.83. The quantitative estimate of drug-likeness (QED) is 0.316. The van der Waals surface area contributed by atoms with E-state index in [0.717, 1.165) is 12.3 Å². The van der Waals surface area contributed by atoms with Gasteiger partial charge in [0.25, 0.3) is 0 Å². The van der Waals surface area contributed by atoms with Gasteiger partial charge in [0.1, 0.15) is 0 Å². The minimum Gasteiger partial charge on any atom is -0.0854 e. The topological polar surface area (TPSA) is 0 Å². The first-order valence-corrected chi connectivity index (χ1v) is 8.53. The van der Waals surface area contributed by atoms with Gasteiger partial charge in [-0.2, -0.15) is 0 Å². The van der Waals surface area contributed by atoms with Crippen molar-refractivity contribution < 1.29 is 0 Å². The van der Waals surface area contributed by atoms with Crippen molar-refractivity contribution >= 4 is 0 Å². The largest absolute Gasteiger partial charge is 0.0854 e. The first-order valence-electron chi connectivity index (χ1n) is 8.53. The minimum absolute atomic E-state index is 0.731. The monoisotopic (exact) mass is 272 g/mol. The Labute approximate surface area is 126 Å². The van der Waals surface area contributed by atoms with Crippen LogP contribution in [0, 0.1) is 5.92 Å². The van der Waals surface area contributed by atoms with Crippen molar-refractivity contribution in [1.82, 2.24) is 0 Å². The van der Waals surface area contributed by atoms with E-state index < -0.39 is 0 Å². The summed E-state index contributed by atoms with van der Waals surface area (Å²) in [7, 11) is 0. The van der Waals surface area contributed by atoms with Gasteiger partial charge in [-0.3, -0.25) is 0 Å². The zero-order valence-corrected chi connectivity index (χ0v) is 13.5. The third-order valence-corrected chi connectivity index (χ3v) is 3.92. The van der Waals surface area contributed by atoms with Crippen LogP contribution >= 0.6 is 0 Å². The first kappa shape index (κ1) is 17.0. The lowest BCUT2D eigenvalue weighted by Gasteiger charge is -2.06. The minimum atomic E-state index is 0.731. The Balaban J connectivity index is 2.01. The van der Waals surface area contributed by atoms with Crippen molar-refractivity contribution in [3.63, 3.8) is 0 Å². The van der Waals surface area contributed by atoms with Gasteiger partial charge in [-0.05, 0) is 24.3 Å². The van der Waals surface area contributed by atoms with Crippen molar-refractivity contribution in [2.75, 3.05) is 0 Å². The van der Waals surface area contributed by atoms with E-state index in [2.05, 4.69) is 56.3 Å². The molecule has 1 aromatic rings. The molecule has 0 saturated heterocycles. The molecule has 0 aromatic heterocycles. The summed E-state index contributed by atoms with van der Waals surface area (Å²) in [6, 6.07) is 10.7. The fraction of sp³-hybridized carbons (Fsp3) is 0.600. The van der Waals surface area contributed by atoms with E-state index >= 15 is 0 Å². The van der Waals surface area contributed by atoms with Crippen molar-refractivity contribution in [2.45, 2.75) is 71.6 Å². The fourth-order valence-electron chi connectivity index (χ4n) is 2.57. The molecule has 0 aliphatic rings. The highest BCUT2D eigenvalue weighted by atomic mass is 14.0. The van der Waals surface area contributed by atoms with E-state index in [-0.39, 0.29) is 0 Å². The van der Waals surface area contributed by atoms with E-state index in [1.165, 1.54) is 56.9 Å². The Morgan fingerprint density at radius 1 is 0.900 bits per heavy atom. The number of hydrogen-bond acceptors (Lipinski definition) is 0. The van der Waals surface area contributed by atoms with Gasteiger partial charge in [0.15, 0.2) is 0 Å².